The molecule has 7 nitrogen and oxygen atoms in total. The molecular weight excluding hydrogens is 380 g/mol. The van der Waals surface area contributed by atoms with Gasteiger partial charge in [0.25, 0.3) is 5.91 Å². The predicted molar refractivity (Wildman–Crippen MR) is 113 cm³/mol. The average molecular weight is 402 g/mol. The lowest BCUT2D eigenvalue weighted by Crippen LogP contribution is -2.35. The Morgan fingerprint density at radius 2 is 1.80 bits per heavy atom. The van der Waals surface area contributed by atoms with Crippen molar-refractivity contribution in [2.75, 3.05) is 18.5 Å². The van der Waals surface area contributed by atoms with Crippen molar-refractivity contribution < 1.29 is 14.3 Å². The number of fused-ring (bicyclic) bond motifs is 1. The number of carbonyl (C=O) groups excluding carboxylic acids is 2. The SMILES string of the molecule is NC(CNC(=O)[C@H]1COc2ccccc21)c1ccc(C(=O)Nc2ccncc2)cc1. The molecule has 1 aliphatic heterocycles. The molecule has 4 rings (SSSR count). The van der Waals surface area contributed by atoms with E-state index in [-0.39, 0.29) is 23.8 Å². The maximum Gasteiger partial charge on any atom is 0.255 e. The van der Waals surface area contributed by atoms with Gasteiger partial charge in [-0.1, -0.05) is 30.3 Å². The molecule has 30 heavy (non-hydrogen) atoms. The topological polar surface area (TPSA) is 106 Å². The maximum absolute atomic E-state index is 12.6. The third-order valence-electron chi connectivity index (χ3n) is 5.05. The van der Waals surface area contributed by atoms with E-state index in [1.165, 1.54) is 0 Å². The molecule has 0 fully saturated rings. The molecule has 1 aliphatic rings. The van der Waals surface area contributed by atoms with E-state index in [0.717, 1.165) is 16.9 Å². The number of para-hydroxylation sites is 1. The third-order valence-corrected chi connectivity index (χ3v) is 5.05. The number of aromatic nitrogens is 1. The van der Waals surface area contributed by atoms with Crippen LogP contribution in [0.25, 0.3) is 0 Å². The molecule has 152 valence electrons. The highest BCUT2D eigenvalue weighted by atomic mass is 16.5. The van der Waals surface area contributed by atoms with Gasteiger partial charge in [0.1, 0.15) is 18.3 Å². The molecule has 2 atom stereocenters. The second kappa shape index (κ2) is 8.75. The Bertz CT molecular complexity index is 1040. The van der Waals surface area contributed by atoms with Crippen molar-refractivity contribution in [3.05, 3.63) is 89.7 Å². The van der Waals surface area contributed by atoms with E-state index < -0.39 is 0 Å². The maximum atomic E-state index is 12.6. The van der Waals surface area contributed by atoms with Crippen LogP contribution >= 0.6 is 0 Å². The quantitative estimate of drug-likeness (QED) is 0.588. The summed E-state index contributed by atoms with van der Waals surface area (Å²) >= 11 is 0. The Morgan fingerprint density at radius 3 is 2.57 bits per heavy atom. The normalized spacial score (nSPS) is 15.6. The van der Waals surface area contributed by atoms with Gasteiger partial charge in [0, 0.05) is 41.8 Å². The van der Waals surface area contributed by atoms with Gasteiger partial charge in [-0.2, -0.15) is 0 Å². The van der Waals surface area contributed by atoms with Crippen molar-refractivity contribution in [3.8, 4) is 5.75 Å². The molecule has 0 bridgehead atoms. The van der Waals surface area contributed by atoms with Gasteiger partial charge in [-0.05, 0) is 35.9 Å². The van der Waals surface area contributed by atoms with E-state index in [4.69, 9.17) is 10.5 Å². The number of rotatable bonds is 6. The van der Waals surface area contributed by atoms with Gasteiger partial charge in [0.15, 0.2) is 0 Å². The van der Waals surface area contributed by atoms with Crippen LogP contribution in [0, 0.1) is 0 Å². The highest BCUT2D eigenvalue weighted by Crippen LogP contribution is 2.33. The number of nitrogens with two attached hydrogens (primary N) is 1. The first-order valence-corrected chi connectivity index (χ1v) is 9.68. The first-order chi connectivity index (χ1) is 14.6. The molecule has 3 aromatic rings. The minimum absolute atomic E-state index is 0.108. The summed E-state index contributed by atoms with van der Waals surface area (Å²) in [4.78, 5) is 28.8. The van der Waals surface area contributed by atoms with E-state index in [1.807, 2.05) is 24.3 Å². The molecule has 2 heterocycles. The van der Waals surface area contributed by atoms with Crippen molar-refractivity contribution in [2.45, 2.75) is 12.0 Å². The van der Waals surface area contributed by atoms with E-state index in [9.17, 15) is 9.59 Å². The summed E-state index contributed by atoms with van der Waals surface area (Å²) in [5.41, 5.74) is 9.16. The zero-order chi connectivity index (χ0) is 20.9. The van der Waals surface area contributed by atoms with Crippen LogP contribution in [0.15, 0.2) is 73.1 Å². The van der Waals surface area contributed by atoms with Gasteiger partial charge in [0.05, 0.1) is 0 Å². The van der Waals surface area contributed by atoms with Crippen LogP contribution in [0.5, 0.6) is 5.75 Å². The number of hydrogen-bond donors (Lipinski definition) is 3. The van der Waals surface area contributed by atoms with Gasteiger partial charge in [0.2, 0.25) is 5.91 Å². The summed E-state index contributed by atoms with van der Waals surface area (Å²) in [5.74, 6) is 0.105. The summed E-state index contributed by atoms with van der Waals surface area (Å²) in [6, 6.07) is 17.6. The summed E-state index contributed by atoms with van der Waals surface area (Å²) < 4.78 is 5.57. The summed E-state index contributed by atoms with van der Waals surface area (Å²) in [7, 11) is 0. The zero-order valence-corrected chi connectivity index (χ0v) is 16.2. The number of ether oxygens (including phenoxy) is 1. The number of amides is 2. The van der Waals surface area contributed by atoms with Gasteiger partial charge in [-0.15, -0.1) is 0 Å². The van der Waals surface area contributed by atoms with Crippen molar-refractivity contribution in [2.24, 2.45) is 5.73 Å². The number of hydrogen-bond acceptors (Lipinski definition) is 5. The first kappa shape index (κ1) is 19.6. The summed E-state index contributed by atoms with van der Waals surface area (Å²) in [5, 5.41) is 5.71. The van der Waals surface area contributed by atoms with Crippen molar-refractivity contribution in [1.82, 2.24) is 10.3 Å². The van der Waals surface area contributed by atoms with E-state index in [2.05, 4.69) is 15.6 Å². The van der Waals surface area contributed by atoms with Crippen molar-refractivity contribution in [3.63, 3.8) is 0 Å². The van der Waals surface area contributed by atoms with E-state index >= 15 is 0 Å². The zero-order valence-electron chi connectivity index (χ0n) is 16.2. The molecule has 2 amide bonds. The van der Waals surface area contributed by atoms with Crippen LogP contribution in [0.1, 0.15) is 33.4 Å². The Hall–Kier alpha value is -3.71. The lowest BCUT2D eigenvalue weighted by atomic mass is 10.00. The standard InChI is InChI=1S/C23H22N4O3/c24-20(13-26-23(29)19-14-30-21-4-2-1-3-18(19)21)15-5-7-16(8-6-15)22(28)27-17-9-11-25-12-10-17/h1-12,19-20H,13-14,24H2,(H,26,29)(H,25,27,28)/t19-,20?/m0/s1. The van der Waals surface area contributed by atoms with Gasteiger partial charge < -0.3 is 21.1 Å². The Labute approximate surface area is 174 Å². The smallest absolute Gasteiger partial charge is 0.255 e. The molecule has 0 spiro atoms. The Kier molecular flexibility index (Phi) is 5.72. The molecule has 1 unspecified atom stereocenters. The van der Waals surface area contributed by atoms with Gasteiger partial charge in [-0.3, -0.25) is 14.6 Å². The van der Waals surface area contributed by atoms with Gasteiger partial charge >= 0.3 is 0 Å². The molecule has 1 aromatic heterocycles. The van der Waals surface area contributed by atoms with E-state index in [1.54, 1.807) is 48.8 Å². The Morgan fingerprint density at radius 1 is 1.07 bits per heavy atom. The van der Waals surface area contributed by atoms with Crippen LogP contribution in [0.3, 0.4) is 0 Å². The van der Waals surface area contributed by atoms with Crippen LogP contribution < -0.4 is 21.1 Å². The monoisotopic (exact) mass is 402 g/mol. The molecule has 7 heteroatoms. The Balaban J connectivity index is 1.32. The minimum atomic E-state index is -0.385. The fourth-order valence-corrected chi connectivity index (χ4v) is 3.35. The number of nitrogens with one attached hydrogen (secondary N) is 2. The molecular formula is C23H22N4O3. The fraction of sp³-hybridized carbons (Fsp3) is 0.174. The number of pyridine rings is 1. The highest BCUT2D eigenvalue weighted by molar-refractivity contribution is 6.04. The van der Waals surface area contributed by atoms with Crippen LogP contribution in [0.2, 0.25) is 0 Å². The lowest BCUT2D eigenvalue weighted by Gasteiger charge is -2.16. The van der Waals surface area contributed by atoms with Crippen molar-refractivity contribution in [1.29, 1.82) is 0 Å². The van der Waals surface area contributed by atoms with Crippen LogP contribution in [-0.2, 0) is 4.79 Å². The second-order valence-corrected chi connectivity index (χ2v) is 7.07. The summed E-state index contributed by atoms with van der Waals surface area (Å²) in [6.45, 7) is 0.627. The van der Waals surface area contributed by atoms with Gasteiger partial charge in [-0.25, -0.2) is 0 Å². The largest absolute Gasteiger partial charge is 0.492 e. The average Bonchev–Trinajstić information content (AvgIpc) is 3.22. The molecule has 0 radical (unpaired) electrons. The van der Waals surface area contributed by atoms with Crippen LogP contribution in [0.4, 0.5) is 5.69 Å². The molecule has 2 aromatic carbocycles. The molecule has 0 saturated heterocycles. The number of anilines is 1. The van der Waals surface area contributed by atoms with Crippen molar-refractivity contribution >= 4 is 17.5 Å². The first-order valence-electron chi connectivity index (χ1n) is 9.68. The number of nitrogens with zero attached hydrogens (tertiary/aromatic N) is 1. The third kappa shape index (κ3) is 4.31. The second-order valence-electron chi connectivity index (χ2n) is 7.07. The number of benzene rings is 2. The minimum Gasteiger partial charge on any atom is -0.492 e. The predicted octanol–water partition coefficient (Wildman–Crippen LogP) is 2.63. The molecule has 0 aliphatic carbocycles. The van der Waals surface area contributed by atoms with E-state index in [0.29, 0.717) is 24.4 Å². The lowest BCUT2D eigenvalue weighted by molar-refractivity contribution is -0.122. The number of carbonyl (C=O) groups is 2. The summed E-state index contributed by atoms with van der Waals surface area (Å²) in [6.07, 6.45) is 3.23. The highest BCUT2D eigenvalue weighted by Gasteiger charge is 2.30. The molecule has 0 saturated carbocycles. The fourth-order valence-electron chi connectivity index (χ4n) is 3.35. The molecule has 4 N–H and O–H groups in total. The van der Waals surface area contributed by atoms with Crippen LogP contribution in [-0.4, -0.2) is 29.9 Å².